The maximum atomic E-state index is 11.6. The minimum Gasteiger partial charge on any atom is -0.367 e. The summed E-state index contributed by atoms with van der Waals surface area (Å²) in [6.45, 7) is 2.07. The van der Waals surface area contributed by atoms with E-state index in [4.69, 9.17) is 4.84 Å². The molecule has 0 bridgehead atoms. The van der Waals surface area contributed by atoms with Crippen molar-refractivity contribution in [2.75, 3.05) is 6.54 Å². The Labute approximate surface area is 112 Å². The monoisotopic (exact) mass is 262 g/mol. The van der Waals surface area contributed by atoms with Gasteiger partial charge in [0.2, 0.25) is 0 Å². The van der Waals surface area contributed by atoms with Crippen LogP contribution in [-0.2, 0) is 14.4 Å². The molecule has 5 nitrogen and oxygen atoms in total. The minimum absolute atomic E-state index is 0.00846. The van der Waals surface area contributed by atoms with Gasteiger partial charge >= 0.3 is 5.97 Å². The van der Waals surface area contributed by atoms with E-state index in [2.05, 4.69) is 4.98 Å². The van der Waals surface area contributed by atoms with Crippen LogP contribution in [0.3, 0.4) is 0 Å². The van der Waals surface area contributed by atoms with E-state index < -0.39 is 5.97 Å². The number of Topliss-reactive ketones (excluding diaryl/α,β-unsaturated/α-hetero) is 1. The smallest absolute Gasteiger partial charge is 0.332 e. The average molecular weight is 262 g/mol. The van der Waals surface area contributed by atoms with Crippen LogP contribution in [0.1, 0.15) is 44.3 Å². The molecule has 0 amide bonds. The van der Waals surface area contributed by atoms with E-state index in [1.54, 1.807) is 11.3 Å². The van der Waals surface area contributed by atoms with E-state index in [0.29, 0.717) is 6.54 Å². The van der Waals surface area contributed by atoms with Gasteiger partial charge in [0.1, 0.15) is 12.2 Å². The quantitative estimate of drug-likeness (QED) is 0.777. The molecule has 0 aromatic carbocycles. The summed E-state index contributed by atoms with van der Waals surface area (Å²) in [5, 5.41) is 1.66. The fraction of sp³-hybridized carbons (Fsp3) is 0.500. The first kappa shape index (κ1) is 13.7. The second-order valence-corrected chi connectivity index (χ2v) is 4.75. The largest absolute Gasteiger partial charge is 0.367 e. The van der Waals surface area contributed by atoms with Gasteiger partial charge in [-0.1, -0.05) is 6.07 Å². The zero-order valence-electron chi connectivity index (χ0n) is 11.0. The van der Waals surface area contributed by atoms with Crippen LogP contribution in [0.25, 0.3) is 0 Å². The van der Waals surface area contributed by atoms with Crippen molar-refractivity contribution in [3.63, 3.8) is 0 Å². The molecular weight excluding hydrogens is 244 g/mol. The zero-order chi connectivity index (χ0) is 13.7. The van der Waals surface area contributed by atoms with Gasteiger partial charge in [0, 0.05) is 12.7 Å². The molecule has 102 valence electrons. The maximum Gasteiger partial charge on any atom is 0.332 e. The van der Waals surface area contributed by atoms with Crippen LogP contribution in [0.5, 0.6) is 0 Å². The molecule has 19 heavy (non-hydrogen) atoms. The molecule has 1 fully saturated rings. The highest BCUT2D eigenvalue weighted by molar-refractivity contribution is 5.93. The van der Waals surface area contributed by atoms with Gasteiger partial charge in [-0.05, 0) is 38.3 Å². The summed E-state index contributed by atoms with van der Waals surface area (Å²) in [6.07, 6.45) is 4.54. The predicted octanol–water partition coefficient (Wildman–Crippen LogP) is 2.05. The molecule has 0 radical (unpaired) electrons. The molecule has 5 heteroatoms. The summed E-state index contributed by atoms with van der Waals surface area (Å²) in [4.78, 5) is 32.1. The lowest BCUT2D eigenvalue weighted by Crippen LogP contribution is -2.36. The fourth-order valence-electron chi connectivity index (χ4n) is 2.25. The van der Waals surface area contributed by atoms with E-state index in [9.17, 15) is 9.59 Å². The van der Waals surface area contributed by atoms with Gasteiger partial charge in [0.15, 0.2) is 0 Å². The van der Waals surface area contributed by atoms with E-state index in [-0.39, 0.29) is 18.2 Å². The number of carbonyl (C=O) groups excluding carboxylic acids is 2. The number of nitrogens with zero attached hydrogens (tertiary/aromatic N) is 2. The average Bonchev–Trinajstić information content (AvgIpc) is 2.39. The summed E-state index contributed by atoms with van der Waals surface area (Å²) in [5.74, 6) is -0.674. The van der Waals surface area contributed by atoms with Gasteiger partial charge in [0.05, 0.1) is 11.7 Å². The van der Waals surface area contributed by atoms with Crippen molar-refractivity contribution in [3.8, 4) is 0 Å². The van der Waals surface area contributed by atoms with Gasteiger partial charge in [-0.25, -0.2) is 4.79 Å². The molecule has 0 N–H and O–H groups in total. The molecular formula is C14H18N2O3. The Morgan fingerprint density at radius 2 is 2.26 bits per heavy atom. The molecule has 2 rings (SSSR count). The van der Waals surface area contributed by atoms with Crippen LogP contribution >= 0.6 is 0 Å². The summed E-state index contributed by atoms with van der Waals surface area (Å²) in [7, 11) is 0. The van der Waals surface area contributed by atoms with E-state index in [1.165, 1.54) is 6.92 Å². The predicted molar refractivity (Wildman–Crippen MR) is 68.9 cm³/mol. The van der Waals surface area contributed by atoms with E-state index in [0.717, 1.165) is 25.0 Å². The number of aromatic nitrogens is 1. The molecule has 1 aromatic rings. The first-order valence-corrected chi connectivity index (χ1v) is 6.54. The SMILES string of the molecule is CC(=O)CC(=O)ON1CCCCC1c1ccccn1. The van der Waals surface area contributed by atoms with Crippen molar-refractivity contribution in [3.05, 3.63) is 30.1 Å². The molecule has 0 spiro atoms. The minimum atomic E-state index is -0.490. The fourth-order valence-corrected chi connectivity index (χ4v) is 2.25. The number of rotatable bonds is 4. The maximum absolute atomic E-state index is 11.6. The summed E-state index contributed by atoms with van der Waals surface area (Å²) in [6, 6.07) is 5.71. The third-order valence-electron chi connectivity index (χ3n) is 3.10. The van der Waals surface area contributed by atoms with Crippen LogP contribution in [0, 0.1) is 0 Å². The summed E-state index contributed by atoms with van der Waals surface area (Å²) >= 11 is 0. The standard InChI is InChI=1S/C14H18N2O3/c1-11(17)10-14(18)19-16-9-5-3-7-13(16)12-6-2-4-8-15-12/h2,4,6,8,13H,3,5,7,9-10H2,1H3. The van der Waals surface area contributed by atoms with Crippen molar-refractivity contribution in [1.29, 1.82) is 0 Å². The number of hydrogen-bond acceptors (Lipinski definition) is 5. The second kappa shape index (κ2) is 6.43. The van der Waals surface area contributed by atoms with Crippen molar-refractivity contribution in [2.45, 2.75) is 38.6 Å². The summed E-state index contributed by atoms with van der Waals surface area (Å²) in [5.41, 5.74) is 0.901. The highest BCUT2D eigenvalue weighted by Crippen LogP contribution is 2.29. The topological polar surface area (TPSA) is 59.5 Å². The molecule has 1 aliphatic rings. The molecule has 0 saturated carbocycles. The third kappa shape index (κ3) is 3.86. The van der Waals surface area contributed by atoms with Crippen LogP contribution in [0.2, 0.25) is 0 Å². The van der Waals surface area contributed by atoms with E-state index in [1.807, 2.05) is 18.2 Å². The van der Waals surface area contributed by atoms with Gasteiger partial charge in [0.25, 0.3) is 0 Å². The van der Waals surface area contributed by atoms with Gasteiger partial charge < -0.3 is 4.84 Å². The number of carbonyl (C=O) groups is 2. The number of hydroxylamine groups is 2. The lowest BCUT2D eigenvalue weighted by atomic mass is 10.0. The van der Waals surface area contributed by atoms with Crippen molar-refractivity contribution >= 4 is 11.8 Å². The Hall–Kier alpha value is -1.75. The van der Waals surface area contributed by atoms with Crippen molar-refractivity contribution in [1.82, 2.24) is 10.0 Å². The third-order valence-corrected chi connectivity index (χ3v) is 3.10. The van der Waals surface area contributed by atoms with Gasteiger partial charge in [-0.15, -0.1) is 5.06 Å². The van der Waals surface area contributed by atoms with Crippen molar-refractivity contribution in [2.24, 2.45) is 0 Å². The normalized spacial score (nSPS) is 19.9. The van der Waals surface area contributed by atoms with Crippen LogP contribution in [-0.4, -0.2) is 28.3 Å². The molecule has 1 atom stereocenters. The molecule has 1 aliphatic heterocycles. The highest BCUT2D eigenvalue weighted by atomic mass is 16.7. The first-order valence-electron chi connectivity index (χ1n) is 6.54. The zero-order valence-corrected chi connectivity index (χ0v) is 11.0. The van der Waals surface area contributed by atoms with E-state index >= 15 is 0 Å². The lowest BCUT2D eigenvalue weighted by Gasteiger charge is -2.33. The first-order chi connectivity index (χ1) is 9.16. The van der Waals surface area contributed by atoms with Crippen LogP contribution in [0.4, 0.5) is 0 Å². The van der Waals surface area contributed by atoms with Crippen LogP contribution < -0.4 is 0 Å². The highest BCUT2D eigenvalue weighted by Gasteiger charge is 2.28. The Morgan fingerprint density at radius 3 is 2.95 bits per heavy atom. The Morgan fingerprint density at radius 1 is 1.42 bits per heavy atom. The molecule has 2 heterocycles. The van der Waals surface area contributed by atoms with Crippen molar-refractivity contribution < 1.29 is 14.4 Å². The molecule has 0 aliphatic carbocycles. The second-order valence-electron chi connectivity index (χ2n) is 4.75. The van der Waals surface area contributed by atoms with Gasteiger partial charge in [-0.3, -0.25) is 9.78 Å². The molecule has 1 saturated heterocycles. The number of ketones is 1. The number of pyridine rings is 1. The number of hydrogen-bond donors (Lipinski definition) is 0. The Kier molecular flexibility index (Phi) is 4.63. The Bertz CT molecular complexity index is 447. The lowest BCUT2D eigenvalue weighted by molar-refractivity contribution is -0.209. The van der Waals surface area contributed by atoms with Gasteiger partial charge in [-0.2, -0.15) is 0 Å². The Balaban J connectivity index is 2.04. The summed E-state index contributed by atoms with van der Waals surface area (Å²) < 4.78 is 0. The van der Waals surface area contributed by atoms with Crippen LogP contribution in [0.15, 0.2) is 24.4 Å². The molecule has 1 aromatic heterocycles. The number of piperidine rings is 1. The molecule has 1 unspecified atom stereocenters.